The molecular weight excluding hydrogens is 258 g/mol. The van der Waals surface area contributed by atoms with E-state index in [9.17, 15) is 4.21 Å². The third kappa shape index (κ3) is 2.51. The van der Waals surface area contributed by atoms with Crippen molar-refractivity contribution in [2.24, 2.45) is 0 Å². The molecule has 0 saturated carbocycles. The standard InChI is InChI=1S/C14H13N3OS/c15-11-4-3-5-13(8-11)19(18)10-12-9-17-7-2-1-6-14(17)16-12/h1-9H,10,15H2. The highest BCUT2D eigenvalue weighted by molar-refractivity contribution is 7.84. The molecule has 0 fully saturated rings. The maximum atomic E-state index is 12.2. The molecule has 0 radical (unpaired) electrons. The molecule has 2 aromatic heterocycles. The molecule has 96 valence electrons. The van der Waals surface area contributed by atoms with Gasteiger partial charge in [0.25, 0.3) is 0 Å². The SMILES string of the molecule is Nc1cccc(S(=O)Cc2cn3ccccc3n2)c1. The molecule has 0 bridgehead atoms. The van der Waals surface area contributed by atoms with Crippen molar-refractivity contribution in [2.45, 2.75) is 10.6 Å². The van der Waals surface area contributed by atoms with Crippen LogP contribution >= 0.6 is 0 Å². The summed E-state index contributed by atoms with van der Waals surface area (Å²) in [5, 5.41) is 0. The van der Waals surface area contributed by atoms with E-state index >= 15 is 0 Å². The normalized spacial score (nSPS) is 12.6. The van der Waals surface area contributed by atoms with Crippen LogP contribution in [0.3, 0.4) is 0 Å². The Labute approximate surface area is 113 Å². The van der Waals surface area contributed by atoms with E-state index in [2.05, 4.69) is 4.98 Å². The van der Waals surface area contributed by atoms with Gasteiger partial charge >= 0.3 is 0 Å². The van der Waals surface area contributed by atoms with E-state index in [4.69, 9.17) is 5.73 Å². The average Bonchev–Trinajstić information content (AvgIpc) is 2.80. The molecule has 0 aliphatic heterocycles. The van der Waals surface area contributed by atoms with Gasteiger partial charge in [-0.2, -0.15) is 0 Å². The number of nitrogens with two attached hydrogens (primary N) is 1. The number of hydrogen-bond acceptors (Lipinski definition) is 3. The lowest BCUT2D eigenvalue weighted by molar-refractivity contribution is 0.682. The van der Waals surface area contributed by atoms with Gasteiger partial charge < -0.3 is 10.1 Å². The van der Waals surface area contributed by atoms with Crippen molar-refractivity contribution >= 4 is 22.1 Å². The average molecular weight is 271 g/mol. The molecule has 3 aromatic rings. The van der Waals surface area contributed by atoms with Gasteiger partial charge in [-0.05, 0) is 30.3 Å². The molecule has 1 atom stereocenters. The molecule has 0 spiro atoms. The first-order chi connectivity index (χ1) is 9.22. The van der Waals surface area contributed by atoms with Crippen LogP contribution < -0.4 is 5.73 Å². The smallest absolute Gasteiger partial charge is 0.137 e. The summed E-state index contributed by atoms with van der Waals surface area (Å²) < 4.78 is 14.2. The molecule has 4 nitrogen and oxygen atoms in total. The quantitative estimate of drug-likeness (QED) is 0.743. The largest absolute Gasteiger partial charge is 0.399 e. The second-order valence-corrected chi connectivity index (χ2v) is 5.71. The lowest BCUT2D eigenvalue weighted by Crippen LogP contribution is -1.97. The highest BCUT2D eigenvalue weighted by atomic mass is 32.2. The number of nitrogens with zero attached hydrogens (tertiary/aromatic N) is 2. The number of anilines is 1. The maximum Gasteiger partial charge on any atom is 0.137 e. The molecule has 0 aliphatic rings. The van der Waals surface area contributed by atoms with Gasteiger partial charge in [0.15, 0.2) is 0 Å². The monoisotopic (exact) mass is 271 g/mol. The number of rotatable bonds is 3. The van der Waals surface area contributed by atoms with Crippen molar-refractivity contribution < 1.29 is 4.21 Å². The number of nitrogen functional groups attached to an aromatic ring is 1. The summed E-state index contributed by atoms with van der Waals surface area (Å²) in [6.45, 7) is 0. The molecule has 0 saturated heterocycles. The first kappa shape index (κ1) is 11.9. The van der Waals surface area contributed by atoms with E-state index in [0.717, 1.165) is 16.2 Å². The van der Waals surface area contributed by atoms with E-state index in [1.165, 1.54) is 0 Å². The van der Waals surface area contributed by atoms with Crippen LogP contribution in [0.1, 0.15) is 5.69 Å². The van der Waals surface area contributed by atoms with Gasteiger partial charge in [0.1, 0.15) is 5.65 Å². The summed E-state index contributed by atoms with van der Waals surface area (Å²) >= 11 is 0. The van der Waals surface area contributed by atoms with Gasteiger partial charge in [-0.1, -0.05) is 12.1 Å². The van der Waals surface area contributed by atoms with Crippen molar-refractivity contribution in [3.05, 3.63) is 60.6 Å². The second kappa shape index (κ2) is 4.85. The zero-order chi connectivity index (χ0) is 13.2. The molecule has 2 N–H and O–H groups in total. The van der Waals surface area contributed by atoms with Crippen LogP contribution in [0.2, 0.25) is 0 Å². The first-order valence-electron chi connectivity index (χ1n) is 5.89. The van der Waals surface area contributed by atoms with Crippen molar-refractivity contribution in [1.29, 1.82) is 0 Å². The molecule has 1 aromatic carbocycles. The van der Waals surface area contributed by atoms with Gasteiger partial charge in [0, 0.05) is 23.0 Å². The Morgan fingerprint density at radius 2 is 2.11 bits per heavy atom. The van der Waals surface area contributed by atoms with Crippen LogP contribution in [0.15, 0.2) is 59.8 Å². The minimum absolute atomic E-state index is 0.394. The molecule has 0 amide bonds. The van der Waals surface area contributed by atoms with Crippen molar-refractivity contribution in [3.8, 4) is 0 Å². The number of aromatic nitrogens is 2. The van der Waals surface area contributed by atoms with Gasteiger partial charge in [-0.15, -0.1) is 0 Å². The minimum atomic E-state index is -1.13. The third-order valence-corrected chi connectivity index (χ3v) is 4.15. The van der Waals surface area contributed by atoms with Crippen LogP contribution in [0.4, 0.5) is 5.69 Å². The predicted molar refractivity (Wildman–Crippen MR) is 76.2 cm³/mol. The molecule has 1 unspecified atom stereocenters. The second-order valence-electron chi connectivity index (χ2n) is 4.26. The molecular formula is C14H13N3OS. The Balaban J connectivity index is 1.86. The van der Waals surface area contributed by atoms with Gasteiger partial charge in [-0.25, -0.2) is 4.98 Å². The molecule has 5 heteroatoms. The number of benzene rings is 1. The number of pyridine rings is 1. The maximum absolute atomic E-state index is 12.2. The summed E-state index contributed by atoms with van der Waals surface area (Å²) in [6, 6.07) is 13.0. The Kier molecular flexibility index (Phi) is 3.05. The van der Waals surface area contributed by atoms with Gasteiger partial charge in [-0.3, -0.25) is 4.21 Å². The van der Waals surface area contributed by atoms with E-state index in [1.54, 1.807) is 12.1 Å². The topological polar surface area (TPSA) is 60.4 Å². The van der Waals surface area contributed by atoms with Crippen molar-refractivity contribution in [1.82, 2.24) is 9.38 Å². The van der Waals surface area contributed by atoms with Gasteiger partial charge in [0.2, 0.25) is 0 Å². The summed E-state index contributed by atoms with van der Waals surface area (Å²) in [7, 11) is -1.13. The lowest BCUT2D eigenvalue weighted by Gasteiger charge is -2.01. The number of hydrogen-bond donors (Lipinski definition) is 1. The molecule has 3 rings (SSSR count). The minimum Gasteiger partial charge on any atom is -0.399 e. The summed E-state index contributed by atoms with van der Waals surface area (Å²) in [5.41, 5.74) is 8.00. The highest BCUT2D eigenvalue weighted by Crippen LogP contribution is 2.15. The predicted octanol–water partition coefficient (Wildman–Crippen LogP) is 2.22. The summed E-state index contributed by atoms with van der Waals surface area (Å²) in [4.78, 5) is 5.17. The Hall–Kier alpha value is -2.14. The molecule has 2 heterocycles. The van der Waals surface area contributed by atoms with E-state index in [1.807, 2.05) is 47.1 Å². The third-order valence-electron chi connectivity index (χ3n) is 2.81. The summed E-state index contributed by atoms with van der Waals surface area (Å²) in [6.07, 6.45) is 3.83. The fraction of sp³-hybridized carbons (Fsp3) is 0.0714. The molecule has 19 heavy (non-hydrogen) atoms. The van der Waals surface area contributed by atoms with Gasteiger partial charge in [0.05, 0.1) is 22.2 Å². The zero-order valence-corrected chi connectivity index (χ0v) is 11.0. The Morgan fingerprint density at radius 3 is 2.89 bits per heavy atom. The van der Waals surface area contributed by atoms with E-state index in [0.29, 0.717) is 11.4 Å². The highest BCUT2D eigenvalue weighted by Gasteiger charge is 2.08. The van der Waals surface area contributed by atoms with Crippen molar-refractivity contribution in [3.63, 3.8) is 0 Å². The fourth-order valence-corrected chi connectivity index (χ4v) is 3.00. The Morgan fingerprint density at radius 1 is 1.21 bits per heavy atom. The Bertz CT molecular complexity index is 718. The van der Waals surface area contributed by atoms with Crippen molar-refractivity contribution in [2.75, 3.05) is 5.73 Å². The molecule has 0 aliphatic carbocycles. The number of imidazole rings is 1. The zero-order valence-electron chi connectivity index (χ0n) is 10.2. The van der Waals surface area contributed by atoms with Crippen LogP contribution in [0, 0.1) is 0 Å². The summed E-state index contributed by atoms with van der Waals surface area (Å²) in [5.74, 6) is 0.394. The van der Waals surface area contributed by atoms with Crippen LogP contribution in [0.25, 0.3) is 5.65 Å². The van der Waals surface area contributed by atoms with Crippen LogP contribution in [0.5, 0.6) is 0 Å². The number of fused-ring (bicyclic) bond motifs is 1. The first-order valence-corrected chi connectivity index (χ1v) is 7.21. The van der Waals surface area contributed by atoms with E-state index in [-0.39, 0.29) is 0 Å². The van der Waals surface area contributed by atoms with Crippen LogP contribution in [-0.2, 0) is 16.6 Å². The lowest BCUT2D eigenvalue weighted by atomic mass is 10.3. The van der Waals surface area contributed by atoms with Crippen LogP contribution in [-0.4, -0.2) is 13.6 Å². The fourth-order valence-electron chi connectivity index (χ4n) is 1.93. The van der Waals surface area contributed by atoms with E-state index < -0.39 is 10.8 Å².